The fourth-order valence-electron chi connectivity index (χ4n) is 2.31. The summed E-state index contributed by atoms with van der Waals surface area (Å²) in [7, 11) is -0.148. The van der Waals surface area contributed by atoms with Crippen LogP contribution in [0.1, 0.15) is 122 Å². The zero-order valence-electron chi connectivity index (χ0n) is 22.0. The maximum Gasteiger partial charge on any atom is 0.490 e. The first kappa shape index (κ1) is 30.5. The van der Waals surface area contributed by atoms with Crippen LogP contribution in [0.15, 0.2) is 23.4 Å². The van der Waals surface area contributed by atoms with E-state index in [1.54, 1.807) is 0 Å². The van der Waals surface area contributed by atoms with Gasteiger partial charge in [-0.1, -0.05) is 54.0 Å². The van der Waals surface area contributed by atoms with Gasteiger partial charge < -0.3 is 14.0 Å². The van der Waals surface area contributed by atoms with Crippen LogP contribution < -0.4 is 0 Å². The number of hydrogen-bond acceptors (Lipinski definition) is 3. The van der Waals surface area contributed by atoms with Gasteiger partial charge in [-0.05, 0) is 85.2 Å². The standard InChI is InChI=1S/C13H25BO2.C8H14O.2C2H6/c1-7-9-11(10-8-2)14-15-12(3,4)13(5,6)16-14;1-8(2,3)9-6-7-4-5-7;2*1-2/h9H,7-8,10H2,1-6H3;6H,4-5H2,1-3H3;2*1-2H3/b11-9+;;;. The van der Waals surface area contributed by atoms with Crippen molar-refractivity contribution in [1.29, 1.82) is 0 Å². The molecule has 3 nitrogen and oxygen atoms in total. The molecule has 2 fully saturated rings. The van der Waals surface area contributed by atoms with Gasteiger partial charge in [-0.2, -0.15) is 0 Å². The highest BCUT2D eigenvalue weighted by Gasteiger charge is 2.51. The minimum Gasteiger partial charge on any atom is -0.496 e. The van der Waals surface area contributed by atoms with Crippen LogP contribution in [-0.2, 0) is 14.0 Å². The van der Waals surface area contributed by atoms with E-state index < -0.39 is 0 Å². The predicted molar refractivity (Wildman–Crippen MR) is 130 cm³/mol. The van der Waals surface area contributed by atoms with E-state index in [-0.39, 0.29) is 23.9 Å². The highest BCUT2D eigenvalue weighted by atomic mass is 16.7. The summed E-state index contributed by atoms with van der Waals surface area (Å²) >= 11 is 0. The molecule has 0 aromatic rings. The third-order valence-electron chi connectivity index (χ3n) is 4.68. The normalized spacial score (nSPS) is 19.0. The average Bonchev–Trinajstić information content (AvgIpc) is 3.43. The molecule has 0 unspecified atom stereocenters. The van der Waals surface area contributed by atoms with Crippen molar-refractivity contribution in [3.63, 3.8) is 0 Å². The molecule has 0 radical (unpaired) electrons. The Labute approximate surface area is 183 Å². The van der Waals surface area contributed by atoms with E-state index >= 15 is 0 Å². The first-order valence-electron chi connectivity index (χ1n) is 11.8. The van der Waals surface area contributed by atoms with Gasteiger partial charge in [-0.15, -0.1) is 0 Å². The zero-order valence-corrected chi connectivity index (χ0v) is 22.0. The third-order valence-corrected chi connectivity index (χ3v) is 4.68. The van der Waals surface area contributed by atoms with Crippen LogP contribution in [0.25, 0.3) is 0 Å². The van der Waals surface area contributed by atoms with Gasteiger partial charge in [-0.25, -0.2) is 0 Å². The number of rotatable bonds is 5. The Bertz CT molecular complexity index is 463. The summed E-state index contributed by atoms with van der Waals surface area (Å²) in [6.45, 7) is 26.9. The minimum atomic E-state index is -0.224. The summed E-state index contributed by atoms with van der Waals surface area (Å²) in [6, 6.07) is 0. The van der Waals surface area contributed by atoms with Crippen LogP contribution in [-0.4, -0.2) is 23.9 Å². The Kier molecular flexibility index (Phi) is 15.0. The molecule has 29 heavy (non-hydrogen) atoms. The molecule has 4 heteroatoms. The first-order valence-corrected chi connectivity index (χ1v) is 11.8. The predicted octanol–water partition coefficient (Wildman–Crippen LogP) is 8.29. The van der Waals surface area contributed by atoms with Crippen molar-refractivity contribution in [2.75, 3.05) is 0 Å². The number of allylic oxidation sites excluding steroid dienone is 3. The summed E-state index contributed by atoms with van der Waals surface area (Å²) in [5.74, 6) is 0. The van der Waals surface area contributed by atoms with Crippen LogP contribution in [0.5, 0.6) is 0 Å². The molecule has 2 rings (SSSR count). The van der Waals surface area contributed by atoms with Gasteiger partial charge in [0.2, 0.25) is 0 Å². The highest BCUT2D eigenvalue weighted by Crippen LogP contribution is 2.39. The third kappa shape index (κ3) is 12.5. The Morgan fingerprint density at radius 1 is 0.966 bits per heavy atom. The molecule has 0 aromatic carbocycles. The second kappa shape index (κ2) is 14.3. The molecule has 0 spiro atoms. The topological polar surface area (TPSA) is 27.7 Å². The van der Waals surface area contributed by atoms with Crippen molar-refractivity contribution in [3.8, 4) is 0 Å². The van der Waals surface area contributed by atoms with Gasteiger partial charge in [0.15, 0.2) is 0 Å². The molecule has 1 aliphatic heterocycles. The Morgan fingerprint density at radius 2 is 1.41 bits per heavy atom. The van der Waals surface area contributed by atoms with Gasteiger partial charge in [0, 0.05) is 0 Å². The minimum absolute atomic E-state index is 0.00438. The fraction of sp³-hybridized carbons (Fsp3) is 0.840. The summed E-state index contributed by atoms with van der Waals surface area (Å²) in [5, 5.41) is 0. The van der Waals surface area contributed by atoms with Crippen LogP contribution in [0.3, 0.4) is 0 Å². The van der Waals surface area contributed by atoms with Gasteiger partial charge in [-0.3, -0.25) is 0 Å². The van der Waals surface area contributed by atoms with Gasteiger partial charge in [0.25, 0.3) is 0 Å². The average molecular weight is 410 g/mol. The second-order valence-corrected chi connectivity index (χ2v) is 9.03. The van der Waals surface area contributed by atoms with Crippen molar-refractivity contribution in [3.05, 3.63) is 23.4 Å². The molecule has 0 bridgehead atoms. The van der Waals surface area contributed by atoms with Crippen LogP contribution >= 0.6 is 0 Å². The lowest BCUT2D eigenvalue weighted by atomic mass is 9.75. The molecule has 0 N–H and O–H groups in total. The van der Waals surface area contributed by atoms with Crippen molar-refractivity contribution in [2.45, 2.75) is 139 Å². The van der Waals surface area contributed by atoms with E-state index in [0.717, 1.165) is 19.3 Å². The molecule has 0 atom stereocenters. The summed E-state index contributed by atoms with van der Waals surface area (Å²) in [5.41, 5.74) is 2.29. The Morgan fingerprint density at radius 3 is 1.72 bits per heavy atom. The van der Waals surface area contributed by atoms with Crippen molar-refractivity contribution >= 4 is 7.12 Å². The van der Waals surface area contributed by atoms with E-state index in [0.29, 0.717) is 0 Å². The van der Waals surface area contributed by atoms with E-state index in [2.05, 4.69) is 68.4 Å². The van der Waals surface area contributed by atoms with Gasteiger partial charge in [0.1, 0.15) is 0 Å². The molecule has 1 aliphatic carbocycles. The van der Waals surface area contributed by atoms with Crippen molar-refractivity contribution in [2.24, 2.45) is 0 Å². The quantitative estimate of drug-likeness (QED) is 0.337. The fourth-order valence-corrected chi connectivity index (χ4v) is 2.31. The lowest BCUT2D eigenvalue weighted by molar-refractivity contribution is 0.00578. The van der Waals surface area contributed by atoms with Crippen LogP contribution in [0, 0.1) is 0 Å². The van der Waals surface area contributed by atoms with Crippen molar-refractivity contribution < 1.29 is 14.0 Å². The summed E-state index contributed by atoms with van der Waals surface area (Å²) < 4.78 is 17.5. The molecular formula is C25H51BO3. The molecule has 1 saturated carbocycles. The maximum atomic E-state index is 6.04. The van der Waals surface area contributed by atoms with Crippen LogP contribution in [0.2, 0.25) is 0 Å². The van der Waals surface area contributed by atoms with E-state index in [9.17, 15) is 0 Å². The molecule has 2 aliphatic rings. The smallest absolute Gasteiger partial charge is 0.490 e. The van der Waals surface area contributed by atoms with E-state index in [4.69, 9.17) is 14.0 Å². The first-order chi connectivity index (χ1) is 13.4. The van der Waals surface area contributed by atoms with E-state index in [1.165, 1.54) is 23.9 Å². The van der Waals surface area contributed by atoms with Gasteiger partial charge in [0.05, 0.1) is 23.1 Å². The SMILES string of the molecule is CC.CC.CC(C)(C)OC=C1CC1.CC/C=C(\CCC)B1OC(C)(C)C(C)(C)O1. The van der Waals surface area contributed by atoms with Gasteiger partial charge >= 0.3 is 7.12 Å². The Hall–Kier alpha value is -0.735. The molecule has 1 heterocycles. The second-order valence-electron chi connectivity index (χ2n) is 9.03. The molecule has 1 saturated heterocycles. The summed E-state index contributed by atoms with van der Waals surface area (Å²) in [6.07, 6.45) is 9.87. The molecule has 0 aromatic heterocycles. The molecule has 172 valence electrons. The lowest BCUT2D eigenvalue weighted by Gasteiger charge is -2.32. The largest absolute Gasteiger partial charge is 0.496 e. The maximum absolute atomic E-state index is 6.04. The lowest BCUT2D eigenvalue weighted by Crippen LogP contribution is -2.41. The molecular weight excluding hydrogens is 359 g/mol. The Balaban J connectivity index is 0. The van der Waals surface area contributed by atoms with Crippen LogP contribution in [0.4, 0.5) is 0 Å². The highest BCUT2D eigenvalue weighted by molar-refractivity contribution is 6.54. The monoisotopic (exact) mass is 410 g/mol. The molecule has 0 amide bonds. The van der Waals surface area contributed by atoms with E-state index in [1.807, 2.05) is 34.0 Å². The summed E-state index contributed by atoms with van der Waals surface area (Å²) in [4.78, 5) is 0. The number of ether oxygens (including phenoxy) is 1. The van der Waals surface area contributed by atoms with Crippen molar-refractivity contribution in [1.82, 2.24) is 0 Å². The zero-order chi connectivity index (χ0) is 23.3. The number of hydrogen-bond donors (Lipinski definition) is 0.